The lowest BCUT2D eigenvalue weighted by molar-refractivity contribution is 0.135. The quantitative estimate of drug-likeness (QED) is 0.138. The molecule has 0 N–H and O–H groups in total. The fourth-order valence-corrected chi connectivity index (χ4v) is 16.4. The van der Waals surface area contributed by atoms with E-state index in [-0.39, 0.29) is 11.5 Å². The van der Waals surface area contributed by atoms with Crippen LogP contribution in [0.4, 0.5) is 5.69 Å². The molecule has 82 heavy (non-hydrogen) atoms. The van der Waals surface area contributed by atoms with Crippen molar-refractivity contribution in [1.82, 2.24) is 4.90 Å². The first-order valence-electron chi connectivity index (χ1n) is 31.7. The normalized spacial score (nSPS) is 31.8. The summed E-state index contributed by atoms with van der Waals surface area (Å²) < 4.78 is 6.52. The number of anilines is 1. The Labute approximate surface area is 491 Å². The van der Waals surface area contributed by atoms with Crippen molar-refractivity contribution in [2.75, 3.05) is 11.5 Å². The topological polar surface area (TPSA) is 15.7 Å². The van der Waals surface area contributed by atoms with Crippen molar-refractivity contribution in [1.29, 1.82) is 0 Å². The molecule has 1 saturated heterocycles. The Kier molecular flexibility index (Phi) is 15.9. The number of fused-ring (bicyclic) bond motifs is 6. The number of nitrogens with zero attached hydrogens (tertiary/aromatic N) is 2. The van der Waals surface area contributed by atoms with Crippen molar-refractivity contribution >= 4 is 11.8 Å². The minimum atomic E-state index is 0.0336. The molecule has 0 bridgehead atoms. The van der Waals surface area contributed by atoms with Crippen LogP contribution in [0.25, 0.3) is 6.08 Å². The van der Waals surface area contributed by atoms with E-state index in [0.717, 1.165) is 76.6 Å². The van der Waals surface area contributed by atoms with Crippen LogP contribution in [0.15, 0.2) is 277 Å². The van der Waals surface area contributed by atoms with E-state index in [4.69, 9.17) is 4.74 Å². The standard InChI is InChI=1S/C79H86N2O/c1-5-57-28-32-59(33-29-57)60-38-45-70(46-39-60)82-54-56(4)27-26-55(3)53-79(65-18-10-7-11-19-65)75-25-17-16-24-71(75)72-47-44-69(52-76(72)79)80(66-20-12-8-13-21-66)68-42-36-62(37-43-68)64-41-49-78-74(51-64)73-50-63(61-34-30-58(6-2)31-35-61)40-48-77(73)81(78)67-22-14-9-15-23-67/h5-12,14-18,20,22-25,28,30-35,38,41-42,44-46,48-52,55-57,60,62-63,65,71-72,74-75,78H,1-2,13,19,21,26-27,29,36-37,39-40,43,47,53-54H2,3-4H3. The summed E-state index contributed by atoms with van der Waals surface area (Å²) in [7, 11) is 0. The first-order valence-corrected chi connectivity index (χ1v) is 31.7. The van der Waals surface area contributed by atoms with Crippen molar-refractivity contribution < 1.29 is 4.74 Å². The van der Waals surface area contributed by atoms with E-state index in [1.54, 1.807) is 5.57 Å². The van der Waals surface area contributed by atoms with Gasteiger partial charge in [0.2, 0.25) is 0 Å². The summed E-state index contributed by atoms with van der Waals surface area (Å²) >= 11 is 0. The van der Waals surface area contributed by atoms with Gasteiger partial charge >= 0.3 is 0 Å². The van der Waals surface area contributed by atoms with Gasteiger partial charge in [0.15, 0.2) is 0 Å². The molecule has 0 aromatic heterocycles. The van der Waals surface area contributed by atoms with Gasteiger partial charge in [0.05, 0.1) is 12.6 Å². The highest BCUT2D eigenvalue weighted by molar-refractivity contribution is 5.68. The third-order valence-electron chi connectivity index (χ3n) is 20.7. The van der Waals surface area contributed by atoms with Crippen LogP contribution in [-0.4, -0.2) is 17.5 Å². The van der Waals surface area contributed by atoms with Gasteiger partial charge in [0.1, 0.15) is 5.76 Å². The van der Waals surface area contributed by atoms with Crippen LogP contribution >= 0.6 is 0 Å². The first kappa shape index (κ1) is 54.2. The zero-order valence-corrected chi connectivity index (χ0v) is 48.8. The molecule has 1 saturated carbocycles. The summed E-state index contributed by atoms with van der Waals surface area (Å²) in [5, 5.41) is 0. The van der Waals surface area contributed by atoms with Gasteiger partial charge in [-0.25, -0.2) is 0 Å². The molecule has 0 spiro atoms. The predicted octanol–water partition coefficient (Wildman–Crippen LogP) is 19.8. The van der Waals surface area contributed by atoms with Crippen molar-refractivity contribution in [3.8, 4) is 0 Å². The molecule has 10 aliphatic carbocycles. The lowest BCUT2D eigenvalue weighted by Gasteiger charge is -2.46. The van der Waals surface area contributed by atoms with Crippen LogP contribution in [0.3, 0.4) is 0 Å². The van der Waals surface area contributed by atoms with Crippen LogP contribution in [0.1, 0.15) is 114 Å². The van der Waals surface area contributed by atoms with Crippen molar-refractivity contribution in [3.05, 3.63) is 288 Å². The van der Waals surface area contributed by atoms with E-state index in [9.17, 15) is 0 Å². The molecule has 13 rings (SSSR count). The molecule has 2 fully saturated rings. The van der Waals surface area contributed by atoms with Crippen molar-refractivity contribution in [2.45, 2.75) is 109 Å². The van der Waals surface area contributed by atoms with Gasteiger partial charge in [0.25, 0.3) is 0 Å². The predicted molar refractivity (Wildman–Crippen MR) is 345 cm³/mol. The van der Waals surface area contributed by atoms with Gasteiger partial charge in [-0.15, -0.1) is 6.58 Å². The molecular weight excluding hydrogens is 993 g/mol. The Bertz CT molecular complexity index is 3320. The summed E-state index contributed by atoms with van der Waals surface area (Å²) in [6.45, 7) is 13.7. The molecule has 11 aliphatic rings. The largest absolute Gasteiger partial charge is 0.494 e. The molecule has 0 radical (unpaired) electrons. The molecule has 13 unspecified atom stereocenters. The van der Waals surface area contributed by atoms with Crippen LogP contribution in [0.5, 0.6) is 0 Å². The Morgan fingerprint density at radius 1 is 0.707 bits per heavy atom. The number of para-hydroxylation sites is 1. The van der Waals surface area contributed by atoms with Crippen molar-refractivity contribution in [3.63, 3.8) is 0 Å². The molecule has 1 heterocycles. The number of allylic oxidation sites excluding steroid dienone is 30. The summed E-state index contributed by atoms with van der Waals surface area (Å²) in [5.41, 5.74) is 15.8. The smallest absolute Gasteiger partial charge is 0.115 e. The van der Waals surface area contributed by atoms with Crippen LogP contribution in [0, 0.1) is 64.6 Å². The third-order valence-corrected chi connectivity index (χ3v) is 20.7. The van der Waals surface area contributed by atoms with Gasteiger partial charge in [-0.05, 0) is 189 Å². The van der Waals surface area contributed by atoms with Crippen LogP contribution < -0.4 is 4.90 Å². The van der Waals surface area contributed by atoms with E-state index < -0.39 is 0 Å². The molecule has 418 valence electrons. The van der Waals surface area contributed by atoms with Crippen LogP contribution in [-0.2, 0) is 4.74 Å². The second-order valence-corrected chi connectivity index (χ2v) is 25.7. The number of benzene rings is 2. The highest BCUT2D eigenvalue weighted by Gasteiger charge is 2.58. The minimum Gasteiger partial charge on any atom is -0.494 e. The number of hydrogen-bond donors (Lipinski definition) is 0. The second-order valence-electron chi connectivity index (χ2n) is 25.7. The molecule has 13 atom stereocenters. The summed E-state index contributed by atoms with van der Waals surface area (Å²) in [4.78, 5) is 5.37. The monoisotopic (exact) mass is 1080 g/mol. The average Bonchev–Trinajstić information content (AvgIpc) is 3.51. The maximum atomic E-state index is 6.52. The van der Waals surface area contributed by atoms with E-state index in [1.165, 1.54) is 75.6 Å². The Balaban J connectivity index is 0.743. The van der Waals surface area contributed by atoms with E-state index in [0.29, 0.717) is 65.1 Å². The molecule has 2 aromatic carbocycles. The summed E-state index contributed by atoms with van der Waals surface area (Å²) in [6, 6.07) is 20.4. The van der Waals surface area contributed by atoms with Gasteiger partial charge in [-0.3, -0.25) is 0 Å². The molecule has 2 aromatic rings. The van der Waals surface area contributed by atoms with Gasteiger partial charge in [-0.1, -0.05) is 215 Å². The van der Waals surface area contributed by atoms with Crippen molar-refractivity contribution in [2.24, 2.45) is 64.6 Å². The molecule has 1 aliphatic heterocycles. The fourth-order valence-electron chi connectivity index (χ4n) is 16.4. The lowest BCUT2D eigenvalue weighted by atomic mass is 9.58. The maximum absolute atomic E-state index is 6.52. The zero-order valence-electron chi connectivity index (χ0n) is 48.8. The lowest BCUT2D eigenvalue weighted by Crippen LogP contribution is -2.38. The highest BCUT2D eigenvalue weighted by Crippen LogP contribution is 2.66. The number of hydrogen-bond acceptors (Lipinski definition) is 3. The molecular formula is C79H86N2O. The number of ether oxygens (including phenoxy) is 1. The molecule has 3 nitrogen and oxygen atoms in total. The molecule has 0 amide bonds. The van der Waals surface area contributed by atoms with Crippen LogP contribution in [0.2, 0.25) is 0 Å². The summed E-state index contributed by atoms with van der Waals surface area (Å²) in [5.74, 6) is 6.11. The zero-order chi connectivity index (χ0) is 55.6. The maximum Gasteiger partial charge on any atom is 0.115 e. The van der Waals surface area contributed by atoms with Gasteiger partial charge < -0.3 is 14.5 Å². The van der Waals surface area contributed by atoms with E-state index in [2.05, 4.69) is 243 Å². The van der Waals surface area contributed by atoms with E-state index in [1.807, 2.05) is 12.2 Å². The van der Waals surface area contributed by atoms with E-state index >= 15 is 0 Å². The Hall–Kier alpha value is -7.10. The fraction of sp³-hybridized carbons (Fsp3) is 0.367. The van der Waals surface area contributed by atoms with Gasteiger partial charge in [-0.2, -0.15) is 0 Å². The number of rotatable bonds is 18. The highest BCUT2D eigenvalue weighted by atomic mass is 16.5. The Morgan fingerprint density at radius 2 is 1.55 bits per heavy atom. The Morgan fingerprint density at radius 3 is 2.30 bits per heavy atom. The molecule has 3 heteroatoms. The first-order chi connectivity index (χ1) is 40.3. The SMILES string of the molecule is C=Cc1ccc(C2C=C3C(=CC2)N(c2ccccc2)C2C=CC(C4CC=C(N(C5=CCC6C(=C5)C(CC(C)CCC(C)COC5=CCC(C7=CCC(C=C)C=C7)C=C5)(C5C=CC=CC5)C5C=CC=CC65)C5=CC=CCC5)CC4)=CC32)cc1. The van der Waals surface area contributed by atoms with Gasteiger partial charge in [0, 0.05) is 51.6 Å². The third kappa shape index (κ3) is 10.7. The average molecular weight is 1080 g/mol. The minimum absolute atomic E-state index is 0.0336. The summed E-state index contributed by atoms with van der Waals surface area (Å²) in [6.07, 6.45) is 79.8. The second kappa shape index (κ2) is 24.0.